The molecule has 4 aromatic rings. The Morgan fingerprint density at radius 1 is 1.21 bits per heavy atom. The zero-order chi connectivity index (χ0) is 24.0. The quantitative estimate of drug-likeness (QED) is 0.421. The molecule has 3 aromatic carbocycles. The SMILES string of the molecule is CCc1cccc(N2C(=O)c3ccccc3C2(O)c2ccc3nc(NC(=O)OC)[nH]c3c2)c1F. The predicted octanol–water partition coefficient (Wildman–Crippen LogP) is 4.30. The molecule has 2 heterocycles. The normalized spacial score (nSPS) is 17.2. The number of H-pyrrole nitrogens is 1. The van der Waals surface area contributed by atoms with E-state index in [9.17, 15) is 14.7 Å². The van der Waals surface area contributed by atoms with Crippen molar-refractivity contribution in [2.24, 2.45) is 0 Å². The smallest absolute Gasteiger partial charge is 0.413 e. The number of carbonyl (C=O) groups excluding carboxylic acids is 2. The monoisotopic (exact) mass is 460 g/mol. The maximum absolute atomic E-state index is 15.4. The lowest BCUT2D eigenvalue weighted by molar-refractivity contribution is 0.0699. The van der Waals surface area contributed by atoms with E-state index in [1.54, 1.807) is 54.6 Å². The number of rotatable bonds is 4. The van der Waals surface area contributed by atoms with Crippen LogP contribution in [0.15, 0.2) is 60.7 Å². The Bertz CT molecular complexity index is 1450. The average molecular weight is 460 g/mol. The van der Waals surface area contributed by atoms with Crippen LogP contribution in [0.4, 0.5) is 20.8 Å². The molecule has 1 aliphatic heterocycles. The summed E-state index contributed by atoms with van der Waals surface area (Å²) in [6, 6.07) is 16.3. The molecule has 0 radical (unpaired) electrons. The van der Waals surface area contributed by atoms with Gasteiger partial charge in [0, 0.05) is 16.7 Å². The zero-order valence-electron chi connectivity index (χ0n) is 18.4. The summed E-state index contributed by atoms with van der Waals surface area (Å²) in [5.41, 5.74) is 0.409. The van der Waals surface area contributed by atoms with Crippen LogP contribution in [0.1, 0.15) is 34.0 Å². The molecule has 0 saturated heterocycles. The van der Waals surface area contributed by atoms with Gasteiger partial charge in [0.1, 0.15) is 5.82 Å². The molecule has 0 saturated carbocycles. The average Bonchev–Trinajstić information content (AvgIpc) is 3.35. The van der Waals surface area contributed by atoms with Gasteiger partial charge in [-0.3, -0.25) is 15.0 Å². The number of hydrogen-bond acceptors (Lipinski definition) is 5. The number of hydrogen-bond donors (Lipinski definition) is 3. The standard InChI is InChI=1S/C25H21FN4O4/c1-3-14-7-6-10-20(21(14)26)30-22(31)16-8-4-5-9-17(16)25(30,33)15-11-12-18-19(13-15)28-23(27-18)29-24(32)34-2/h4-13,33H,3H2,1-2H3,(H2,27,28,29,32). The Morgan fingerprint density at radius 3 is 2.76 bits per heavy atom. The van der Waals surface area contributed by atoms with Gasteiger partial charge in [-0.25, -0.2) is 14.2 Å². The molecule has 3 N–H and O–H groups in total. The van der Waals surface area contributed by atoms with E-state index in [1.807, 2.05) is 6.92 Å². The van der Waals surface area contributed by atoms with Crippen LogP contribution in [0.5, 0.6) is 0 Å². The number of aromatic amines is 1. The third-order valence-electron chi connectivity index (χ3n) is 6.03. The molecule has 2 amide bonds. The number of imidazole rings is 1. The molecule has 9 heteroatoms. The Kier molecular flexibility index (Phi) is 5.06. The fourth-order valence-corrected chi connectivity index (χ4v) is 4.38. The molecule has 0 spiro atoms. The lowest BCUT2D eigenvalue weighted by Crippen LogP contribution is -2.45. The van der Waals surface area contributed by atoms with Gasteiger partial charge >= 0.3 is 6.09 Å². The van der Waals surface area contributed by atoms with Crippen LogP contribution in [0.3, 0.4) is 0 Å². The van der Waals surface area contributed by atoms with Gasteiger partial charge in [0.05, 0.1) is 23.8 Å². The summed E-state index contributed by atoms with van der Waals surface area (Å²) in [7, 11) is 1.24. The summed E-state index contributed by atoms with van der Waals surface area (Å²) < 4.78 is 20.0. The highest BCUT2D eigenvalue weighted by Crippen LogP contribution is 2.46. The van der Waals surface area contributed by atoms with E-state index in [0.29, 0.717) is 34.1 Å². The summed E-state index contributed by atoms with van der Waals surface area (Å²) in [4.78, 5) is 33.3. The first kappa shape index (κ1) is 21.6. The number of amides is 2. The molecule has 1 unspecified atom stereocenters. The van der Waals surface area contributed by atoms with E-state index < -0.39 is 23.5 Å². The van der Waals surface area contributed by atoms with Gasteiger partial charge in [-0.2, -0.15) is 0 Å². The first-order valence-corrected chi connectivity index (χ1v) is 10.7. The Balaban J connectivity index is 1.70. The fraction of sp³-hybridized carbons (Fsp3) is 0.160. The second-order valence-corrected chi connectivity index (χ2v) is 7.90. The van der Waals surface area contributed by atoms with Crippen molar-refractivity contribution in [2.45, 2.75) is 19.1 Å². The number of anilines is 2. The number of aliphatic hydroxyl groups is 1. The first-order chi connectivity index (χ1) is 16.4. The fourth-order valence-electron chi connectivity index (χ4n) is 4.38. The van der Waals surface area contributed by atoms with Crippen molar-refractivity contribution in [3.05, 3.63) is 88.7 Å². The molecule has 1 aliphatic rings. The van der Waals surface area contributed by atoms with Gasteiger partial charge in [0.15, 0.2) is 5.72 Å². The van der Waals surface area contributed by atoms with Crippen LogP contribution in [0.25, 0.3) is 11.0 Å². The van der Waals surface area contributed by atoms with Crippen molar-refractivity contribution in [1.82, 2.24) is 9.97 Å². The van der Waals surface area contributed by atoms with E-state index in [1.165, 1.54) is 13.2 Å². The van der Waals surface area contributed by atoms with Crippen LogP contribution in [0.2, 0.25) is 0 Å². The molecular weight excluding hydrogens is 439 g/mol. The summed E-state index contributed by atoms with van der Waals surface area (Å²) in [5.74, 6) is -0.910. The maximum atomic E-state index is 15.4. The maximum Gasteiger partial charge on any atom is 0.413 e. The highest BCUT2D eigenvalue weighted by atomic mass is 19.1. The first-order valence-electron chi connectivity index (χ1n) is 10.7. The van der Waals surface area contributed by atoms with Gasteiger partial charge in [0.2, 0.25) is 5.95 Å². The van der Waals surface area contributed by atoms with Crippen LogP contribution in [-0.2, 0) is 16.9 Å². The van der Waals surface area contributed by atoms with Crippen molar-refractivity contribution in [2.75, 3.05) is 17.3 Å². The lowest BCUT2D eigenvalue weighted by Gasteiger charge is -2.35. The third kappa shape index (κ3) is 3.12. The number of nitrogens with one attached hydrogen (secondary N) is 2. The predicted molar refractivity (Wildman–Crippen MR) is 124 cm³/mol. The molecule has 1 atom stereocenters. The van der Waals surface area contributed by atoms with Crippen LogP contribution < -0.4 is 10.2 Å². The number of aryl methyl sites for hydroxylation is 1. The van der Waals surface area contributed by atoms with E-state index in [0.717, 1.165) is 4.90 Å². The number of ether oxygens (including phenoxy) is 1. The van der Waals surface area contributed by atoms with E-state index in [2.05, 4.69) is 20.0 Å². The molecule has 0 fully saturated rings. The van der Waals surface area contributed by atoms with Crippen LogP contribution in [-0.4, -0.2) is 34.2 Å². The van der Waals surface area contributed by atoms with E-state index >= 15 is 4.39 Å². The van der Waals surface area contributed by atoms with Gasteiger partial charge in [-0.05, 0) is 36.2 Å². The summed E-state index contributed by atoms with van der Waals surface area (Å²) in [6.07, 6.45) is -0.255. The number of aromatic nitrogens is 2. The largest absolute Gasteiger partial charge is 0.453 e. The minimum absolute atomic E-state index is 0.0131. The third-order valence-corrected chi connectivity index (χ3v) is 6.03. The minimum Gasteiger partial charge on any atom is -0.453 e. The van der Waals surface area contributed by atoms with Gasteiger partial charge < -0.3 is 14.8 Å². The van der Waals surface area contributed by atoms with E-state index in [4.69, 9.17) is 0 Å². The topological polar surface area (TPSA) is 108 Å². The van der Waals surface area contributed by atoms with Crippen LogP contribution in [0, 0.1) is 5.82 Å². The highest BCUT2D eigenvalue weighted by Gasteiger charge is 2.51. The number of methoxy groups -OCH3 is 1. The number of fused-ring (bicyclic) bond motifs is 2. The van der Waals surface area contributed by atoms with Crippen molar-refractivity contribution in [3.63, 3.8) is 0 Å². The van der Waals surface area contributed by atoms with Crippen molar-refractivity contribution < 1.29 is 23.8 Å². The van der Waals surface area contributed by atoms with Crippen molar-refractivity contribution >= 4 is 34.7 Å². The molecule has 0 bridgehead atoms. The number of benzene rings is 3. The minimum atomic E-state index is -1.98. The van der Waals surface area contributed by atoms with Gasteiger partial charge in [-0.15, -0.1) is 0 Å². The van der Waals surface area contributed by atoms with Crippen LogP contribution >= 0.6 is 0 Å². The summed E-state index contributed by atoms with van der Waals surface area (Å²) in [6.45, 7) is 1.82. The van der Waals surface area contributed by atoms with E-state index in [-0.39, 0.29) is 17.2 Å². The second-order valence-electron chi connectivity index (χ2n) is 7.90. The second kappa shape index (κ2) is 7.96. The van der Waals surface area contributed by atoms with Crippen molar-refractivity contribution in [1.29, 1.82) is 0 Å². The zero-order valence-corrected chi connectivity index (χ0v) is 18.4. The Labute approximate surface area is 194 Å². The molecule has 34 heavy (non-hydrogen) atoms. The van der Waals surface area contributed by atoms with Crippen molar-refractivity contribution in [3.8, 4) is 0 Å². The molecule has 172 valence electrons. The number of nitrogens with zero attached hydrogens (tertiary/aromatic N) is 2. The number of carbonyl (C=O) groups is 2. The molecule has 8 nitrogen and oxygen atoms in total. The Hall–Kier alpha value is -4.24. The van der Waals surface area contributed by atoms with Gasteiger partial charge in [-0.1, -0.05) is 43.3 Å². The molecule has 0 aliphatic carbocycles. The molecular formula is C25H21FN4O4. The molecule has 1 aromatic heterocycles. The number of halogens is 1. The summed E-state index contributed by atoms with van der Waals surface area (Å²) >= 11 is 0. The highest BCUT2D eigenvalue weighted by molar-refractivity contribution is 6.12. The summed E-state index contributed by atoms with van der Waals surface area (Å²) in [5, 5.41) is 14.6. The Morgan fingerprint density at radius 2 is 2.00 bits per heavy atom. The lowest BCUT2D eigenvalue weighted by atomic mass is 9.93. The van der Waals surface area contributed by atoms with Gasteiger partial charge in [0.25, 0.3) is 5.91 Å². The molecule has 5 rings (SSSR count).